The minimum absolute atomic E-state index is 0.673. The molecule has 0 fully saturated rings. The molecule has 1 N–H and O–H groups in total. The Bertz CT molecular complexity index is 99.2. The van der Waals surface area contributed by atoms with Crippen molar-refractivity contribution in [3.05, 3.63) is 0 Å². The first-order valence-electron chi connectivity index (χ1n) is 5.23. The first kappa shape index (κ1) is 12.0. The SMILES string of the molecule is CNC(C)CC(C)CCC(C)C. The summed E-state index contributed by atoms with van der Waals surface area (Å²) in [4.78, 5) is 0. The summed E-state index contributed by atoms with van der Waals surface area (Å²) < 4.78 is 0. The molecule has 0 rings (SSSR count). The third-order valence-electron chi connectivity index (χ3n) is 2.49. The van der Waals surface area contributed by atoms with E-state index in [1.807, 2.05) is 7.05 Å². The Balaban J connectivity index is 3.39. The Morgan fingerprint density at radius 1 is 1.00 bits per heavy atom. The van der Waals surface area contributed by atoms with Crippen molar-refractivity contribution in [2.24, 2.45) is 11.8 Å². The molecule has 0 aromatic heterocycles. The summed E-state index contributed by atoms with van der Waals surface area (Å²) in [5.74, 6) is 1.73. The molecule has 0 radical (unpaired) electrons. The molecule has 0 aliphatic rings. The van der Waals surface area contributed by atoms with E-state index >= 15 is 0 Å². The van der Waals surface area contributed by atoms with Gasteiger partial charge in [-0.2, -0.15) is 0 Å². The van der Waals surface area contributed by atoms with Crippen molar-refractivity contribution >= 4 is 0 Å². The number of hydrogen-bond donors (Lipinski definition) is 1. The zero-order valence-corrected chi connectivity index (χ0v) is 9.35. The second-order valence-corrected chi connectivity index (χ2v) is 4.50. The molecule has 0 saturated heterocycles. The lowest BCUT2D eigenvalue weighted by Crippen LogP contribution is -2.23. The van der Waals surface area contributed by atoms with Crippen molar-refractivity contribution in [2.75, 3.05) is 7.05 Å². The Hall–Kier alpha value is -0.0400. The van der Waals surface area contributed by atoms with Gasteiger partial charge >= 0.3 is 0 Å². The highest BCUT2D eigenvalue weighted by molar-refractivity contribution is 4.63. The van der Waals surface area contributed by atoms with Crippen LogP contribution in [-0.4, -0.2) is 13.1 Å². The van der Waals surface area contributed by atoms with E-state index in [0.717, 1.165) is 11.8 Å². The van der Waals surface area contributed by atoms with E-state index < -0.39 is 0 Å². The van der Waals surface area contributed by atoms with Crippen LogP contribution in [0, 0.1) is 11.8 Å². The molecule has 1 nitrogen and oxygen atoms in total. The maximum atomic E-state index is 3.28. The van der Waals surface area contributed by atoms with E-state index in [0.29, 0.717) is 6.04 Å². The maximum absolute atomic E-state index is 3.28. The largest absolute Gasteiger partial charge is 0.317 e. The van der Waals surface area contributed by atoms with Crippen LogP contribution in [0.2, 0.25) is 0 Å². The smallest absolute Gasteiger partial charge is 0.00382 e. The Morgan fingerprint density at radius 2 is 1.58 bits per heavy atom. The summed E-state index contributed by atoms with van der Waals surface area (Å²) in [6, 6.07) is 0.673. The van der Waals surface area contributed by atoms with E-state index in [1.165, 1.54) is 19.3 Å². The lowest BCUT2D eigenvalue weighted by molar-refractivity contribution is 0.386. The molecule has 0 aliphatic heterocycles. The van der Waals surface area contributed by atoms with Crippen molar-refractivity contribution in [1.82, 2.24) is 5.32 Å². The molecule has 2 atom stereocenters. The van der Waals surface area contributed by atoms with Crippen LogP contribution in [0.5, 0.6) is 0 Å². The molecule has 74 valence electrons. The number of rotatable bonds is 6. The normalized spacial score (nSPS) is 16.5. The Morgan fingerprint density at radius 3 is 2.00 bits per heavy atom. The van der Waals surface area contributed by atoms with E-state index in [2.05, 4.69) is 33.0 Å². The standard InChI is InChI=1S/C11H25N/c1-9(2)6-7-10(3)8-11(4)12-5/h9-12H,6-8H2,1-5H3. The van der Waals surface area contributed by atoms with Crippen molar-refractivity contribution in [3.8, 4) is 0 Å². The van der Waals surface area contributed by atoms with Gasteiger partial charge in [-0.1, -0.05) is 33.6 Å². The highest BCUT2D eigenvalue weighted by Crippen LogP contribution is 2.16. The summed E-state index contributed by atoms with van der Waals surface area (Å²) in [5, 5.41) is 3.28. The van der Waals surface area contributed by atoms with Crippen LogP contribution in [0.3, 0.4) is 0 Å². The van der Waals surface area contributed by atoms with Gasteiger partial charge in [-0.05, 0) is 32.2 Å². The van der Waals surface area contributed by atoms with Crippen LogP contribution >= 0.6 is 0 Å². The first-order valence-corrected chi connectivity index (χ1v) is 5.23. The molecule has 0 heterocycles. The van der Waals surface area contributed by atoms with Crippen LogP contribution < -0.4 is 5.32 Å². The van der Waals surface area contributed by atoms with Gasteiger partial charge in [-0.3, -0.25) is 0 Å². The van der Waals surface area contributed by atoms with Crippen LogP contribution in [0.1, 0.15) is 47.0 Å². The van der Waals surface area contributed by atoms with Gasteiger partial charge in [0.2, 0.25) is 0 Å². The second-order valence-electron chi connectivity index (χ2n) is 4.50. The summed E-state index contributed by atoms with van der Waals surface area (Å²) in [5.41, 5.74) is 0. The fourth-order valence-electron chi connectivity index (χ4n) is 1.46. The zero-order chi connectivity index (χ0) is 9.56. The Labute approximate surface area is 77.9 Å². The summed E-state index contributed by atoms with van der Waals surface area (Å²) in [6.07, 6.45) is 4.06. The summed E-state index contributed by atoms with van der Waals surface area (Å²) in [6.45, 7) is 9.21. The number of hydrogen-bond acceptors (Lipinski definition) is 1. The highest BCUT2D eigenvalue weighted by Gasteiger charge is 2.07. The van der Waals surface area contributed by atoms with E-state index in [4.69, 9.17) is 0 Å². The molecule has 1 heteroatoms. The molecule has 12 heavy (non-hydrogen) atoms. The van der Waals surface area contributed by atoms with Crippen LogP contribution in [0.25, 0.3) is 0 Å². The van der Waals surface area contributed by atoms with Gasteiger partial charge in [-0.15, -0.1) is 0 Å². The van der Waals surface area contributed by atoms with Crippen molar-refractivity contribution in [1.29, 1.82) is 0 Å². The summed E-state index contributed by atoms with van der Waals surface area (Å²) >= 11 is 0. The van der Waals surface area contributed by atoms with Crippen LogP contribution in [0.4, 0.5) is 0 Å². The predicted molar refractivity (Wildman–Crippen MR) is 56.4 cm³/mol. The van der Waals surface area contributed by atoms with Gasteiger partial charge in [-0.25, -0.2) is 0 Å². The van der Waals surface area contributed by atoms with Gasteiger partial charge in [0.05, 0.1) is 0 Å². The molecule has 0 aromatic carbocycles. The molecule has 0 amide bonds. The van der Waals surface area contributed by atoms with E-state index in [-0.39, 0.29) is 0 Å². The second kappa shape index (κ2) is 6.47. The van der Waals surface area contributed by atoms with Crippen LogP contribution in [0.15, 0.2) is 0 Å². The van der Waals surface area contributed by atoms with Gasteiger partial charge in [0, 0.05) is 6.04 Å². The minimum Gasteiger partial charge on any atom is -0.317 e. The van der Waals surface area contributed by atoms with Crippen molar-refractivity contribution in [2.45, 2.75) is 53.0 Å². The van der Waals surface area contributed by atoms with E-state index in [9.17, 15) is 0 Å². The monoisotopic (exact) mass is 171 g/mol. The molecule has 0 spiro atoms. The van der Waals surface area contributed by atoms with Crippen molar-refractivity contribution < 1.29 is 0 Å². The molecule has 0 aromatic rings. The third-order valence-corrected chi connectivity index (χ3v) is 2.49. The van der Waals surface area contributed by atoms with Gasteiger partial charge in [0.15, 0.2) is 0 Å². The zero-order valence-electron chi connectivity index (χ0n) is 9.35. The first-order chi connectivity index (χ1) is 5.56. The lowest BCUT2D eigenvalue weighted by atomic mass is 9.94. The third kappa shape index (κ3) is 6.66. The predicted octanol–water partition coefficient (Wildman–Crippen LogP) is 3.06. The fourth-order valence-corrected chi connectivity index (χ4v) is 1.46. The molecule has 2 unspecified atom stereocenters. The average Bonchev–Trinajstić information content (AvgIpc) is 2.00. The average molecular weight is 171 g/mol. The van der Waals surface area contributed by atoms with Crippen molar-refractivity contribution in [3.63, 3.8) is 0 Å². The fraction of sp³-hybridized carbons (Fsp3) is 1.00. The minimum atomic E-state index is 0.673. The van der Waals surface area contributed by atoms with Gasteiger partial charge < -0.3 is 5.32 Å². The number of nitrogens with one attached hydrogen (secondary N) is 1. The lowest BCUT2D eigenvalue weighted by Gasteiger charge is -2.17. The van der Waals surface area contributed by atoms with E-state index in [1.54, 1.807) is 0 Å². The quantitative estimate of drug-likeness (QED) is 0.647. The highest BCUT2D eigenvalue weighted by atomic mass is 14.8. The summed E-state index contributed by atoms with van der Waals surface area (Å²) in [7, 11) is 2.04. The molecule has 0 bridgehead atoms. The molecular formula is C11H25N. The topological polar surface area (TPSA) is 12.0 Å². The molecular weight excluding hydrogens is 146 g/mol. The Kier molecular flexibility index (Phi) is 6.45. The van der Waals surface area contributed by atoms with Gasteiger partial charge in [0.25, 0.3) is 0 Å². The van der Waals surface area contributed by atoms with Crippen LogP contribution in [-0.2, 0) is 0 Å². The molecule has 0 aliphatic carbocycles. The van der Waals surface area contributed by atoms with Gasteiger partial charge in [0.1, 0.15) is 0 Å². The maximum Gasteiger partial charge on any atom is 0.00382 e. The molecule has 0 saturated carbocycles.